The molecule has 1 saturated heterocycles. The van der Waals surface area contributed by atoms with Crippen LogP contribution in [-0.4, -0.2) is 50.9 Å². The SMILES string of the molecule is CCOC(=O)C1(C(C)C)CCN(c2ccc3nnnn3n2)C1. The first-order valence-electron chi connectivity index (χ1n) is 7.54. The van der Waals surface area contributed by atoms with Gasteiger partial charge < -0.3 is 9.64 Å². The average Bonchev–Trinajstić information content (AvgIpc) is 3.14. The summed E-state index contributed by atoms with van der Waals surface area (Å²) in [5, 5.41) is 15.6. The van der Waals surface area contributed by atoms with Gasteiger partial charge >= 0.3 is 5.97 Å². The van der Waals surface area contributed by atoms with Crippen molar-refractivity contribution in [1.29, 1.82) is 0 Å². The van der Waals surface area contributed by atoms with E-state index in [-0.39, 0.29) is 11.9 Å². The van der Waals surface area contributed by atoms with Crippen LogP contribution in [0.15, 0.2) is 12.1 Å². The quantitative estimate of drug-likeness (QED) is 0.777. The second-order valence-electron chi connectivity index (χ2n) is 5.92. The molecule has 1 aliphatic rings. The molecule has 1 fully saturated rings. The number of carbonyl (C=O) groups excluding carboxylic acids is 1. The fraction of sp³-hybridized carbons (Fsp3) is 0.643. The van der Waals surface area contributed by atoms with E-state index in [9.17, 15) is 4.79 Å². The van der Waals surface area contributed by atoms with Crippen LogP contribution in [0, 0.1) is 11.3 Å². The van der Waals surface area contributed by atoms with E-state index >= 15 is 0 Å². The number of aromatic nitrogens is 5. The van der Waals surface area contributed by atoms with Crippen molar-refractivity contribution in [3.05, 3.63) is 12.1 Å². The van der Waals surface area contributed by atoms with E-state index in [0.29, 0.717) is 18.8 Å². The third-order valence-electron chi connectivity index (χ3n) is 4.47. The van der Waals surface area contributed by atoms with E-state index < -0.39 is 5.41 Å². The van der Waals surface area contributed by atoms with Crippen LogP contribution in [0.3, 0.4) is 0 Å². The molecule has 2 aromatic heterocycles. The first-order chi connectivity index (χ1) is 10.6. The lowest BCUT2D eigenvalue weighted by Gasteiger charge is -2.30. The first-order valence-corrected chi connectivity index (χ1v) is 7.54. The van der Waals surface area contributed by atoms with Crippen molar-refractivity contribution in [2.75, 3.05) is 24.6 Å². The number of anilines is 1. The van der Waals surface area contributed by atoms with Gasteiger partial charge in [-0.15, -0.1) is 14.8 Å². The van der Waals surface area contributed by atoms with E-state index in [1.807, 2.05) is 19.1 Å². The second-order valence-corrected chi connectivity index (χ2v) is 5.92. The van der Waals surface area contributed by atoms with Gasteiger partial charge in [0.1, 0.15) is 0 Å². The monoisotopic (exact) mass is 304 g/mol. The maximum Gasteiger partial charge on any atom is 0.314 e. The molecule has 0 aliphatic carbocycles. The lowest BCUT2D eigenvalue weighted by molar-refractivity contribution is -0.156. The highest BCUT2D eigenvalue weighted by atomic mass is 16.5. The van der Waals surface area contributed by atoms with Crippen LogP contribution in [-0.2, 0) is 9.53 Å². The van der Waals surface area contributed by atoms with Crippen LogP contribution >= 0.6 is 0 Å². The number of hydrogen-bond donors (Lipinski definition) is 0. The molecule has 0 N–H and O–H groups in total. The van der Waals surface area contributed by atoms with Gasteiger partial charge in [0.2, 0.25) is 0 Å². The number of carbonyl (C=O) groups is 1. The molecule has 1 atom stereocenters. The standard InChI is InChI=1S/C14H20N6O2/c1-4-22-13(21)14(10(2)3)7-8-19(9-14)12-6-5-11-15-17-18-20(11)16-12/h5-6,10H,4,7-9H2,1-3H3. The summed E-state index contributed by atoms with van der Waals surface area (Å²) >= 11 is 0. The number of esters is 1. The summed E-state index contributed by atoms with van der Waals surface area (Å²) in [7, 11) is 0. The Morgan fingerprint density at radius 1 is 1.45 bits per heavy atom. The summed E-state index contributed by atoms with van der Waals surface area (Å²) in [4.78, 5) is 14.5. The van der Waals surface area contributed by atoms with Crippen molar-refractivity contribution < 1.29 is 9.53 Å². The molecule has 1 unspecified atom stereocenters. The van der Waals surface area contributed by atoms with Crippen LogP contribution < -0.4 is 4.90 Å². The molecule has 8 heteroatoms. The van der Waals surface area contributed by atoms with Crippen molar-refractivity contribution in [2.24, 2.45) is 11.3 Å². The molecule has 3 rings (SSSR count). The number of hydrogen-bond acceptors (Lipinski definition) is 7. The van der Waals surface area contributed by atoms with Gasteiger partial charge in [0.25, 0.3) is 0 Å². The molecule has 1 aliphatic heterocycles. The highest BCUT2D eigenvalue weighted by Gasteiger charge is 2.48. The zero-order valence-electron chi connectivity index (χ0n) is 13.1. The van der Waals surface area contributed by atoms with E-state index in [1.165, 1.54) is 4.63 Å². The maximum atomic E-state index is 12.4. The minimum Gasteiger partial charge on any atom is -0.466 e. The van der Waals surface area contributed by atoms with Gasteiger partial charge in [-0.1, -0.05) is 13.8 Å². The molecule has 0 aromatic carbocycles. The Bertz CT molecular complexity index is 685. The van der Waals surface area contributed by atoms with E-state index in [0.717, 1.165) is 18.8 Å². The van der Waals surface area contributed by atoms with Crippen LogP contribution in [0.2, 0.25) is 0 Å². The number of rotatable bonds is 4. The smallest absolute Gasteiger partial charge is 0.314 e. The fourth-order valence-corrected chi connectivity index (χ4v) is 2.99. The predicted octanol–water partition coefficient (Wildman–Crippen LogP) is 0.935. The topological polar surface area (TPSA) is 85.5 Å². The Balaban J connectivity index is 1.86. The summed E-state index contributed by atoms with van der Waals surface area (Å²) < 4.78 is 6.71. The molecule has 0 radical (unpaired) electrons. The maximum absolute atomic E-state index is 12.4. The summed E-state index contributed by atoms with van der Waals surface area (Å²) in [6.45, 7) is 7.74. The summed E-state index contributed by atoms with van der Waals surface area (Å²) in [6, 6.07) is 3.70. The number of fused-ring (bicyclic) bond motifs is 1. The third kappa shape index (κ3) is 2.28. The minimum atomic E-state index is -0.479. The van der Waals surface area contributed by atoms with Crippen molar-refractivity contribution in [3.63, 3.8) is 0 Å². The molecule has 8 nitrogen and oxygen atoms in total. The zero-order valence-corrected chi connectivity index (χ0v) is 13.1. The Hall–Kier alpha value is -2.25. The van der Waals surface area contributed by atoms with Gasteiger partial charge in [-0.25, -0.2) is 0 Å². The Labute approximate surface area is 128 Å². The lowest BCUT2D eigenvalue weighted by atomic mass is 9.76. The van der Waals surface area contributed by atoms with Crippen LogP contribution in [0.5, 0.6) is 0 Å². The molecular formula is C14H20N6O2. The van der Waals surface area contributed by atoms with E-state index in [2.05, 4.69) is 39.4 Å². The summed E-state index contributed by atoms with van der Waals surface area (Å²) in [5.41, 5.74) is 0.122. The molecule has 0 spiro atoms. The number of ether oxygens (including phenoxy) is 1. The molecule has 118 valence electrons. The number of nitrogens with zero attached hydrogens (tertiary/aromatic N) is 6. The van der Waals surface area contributed by atoms with Crippen LogP contribution in [0.4, 0.5) is 5.82 Å². The lowest BCUT2D eigenvalue weighted by Crippen LogP contribution is -2.40. The molecule has 3 heterocycles. The van der Waals surface area contributed by atoms with Gasteiger partial charge in [0, 0.05) is 13.1 Å². The Kier molecular flexibility index (Phi) is 3.67. The summed E-state index contributed by atoms with van der Waals surface area (Å²) in [6.07, 6.45) is 0.763. The zero-order chi connectivity index (χ0) is 15.7. The average molecular weight is 304 g/mol. The predicted molar refractivity (Wildman–Crippen MR) is 79.3 cm³/mol. The minimum absolute atomic E-state index is 0.115. The van der Waals surface area contributed by atoms with Crippen molar-refractivity contribution in [3.8, 4) is 0 Å². The molecular weight excluding hydrogens is 284 g/mol. The summed E-state index contributed by atoms with van der Waals surface area (Å²) in [5.74, 6) is 0.857. The highest BCUT2D eigenvalue weighted by Crippen LogP contribution is 2.40. The Morgan fingerprint density at radius 2 is 2.27 bits per heavy atom. The van der Waals surface area contributed by atoms with Gasteiger partial charge in [-0.3, -0.25) is 4.79 Å². The van der Waals surface area contributed by atoms with E-state index in [1.54, 1.807) is 0 Å². The van der Waals surface area contributed by atoms with Crippen LogP contribution in [0.25, 0.3) is 5.65 Å². The molecule has 0 amide bonds. The van der Waals surface area contributed by atoms with Gasteiger partial charge in [0.15, 0.2) is 11.5 Å². The van der Waals surface area contributed by atoms with Crippen molar-refractivity contribution >= 4 is 17.4 Å². The first kappa shape index (κ1) is 14.7. The normalized spacial score (nSPS) is 21.7. The van der Waals surface area contributed by atoms with Gasteiger partial charge in [0.05, 0.1) is 12.0 Å². The highest BCUT2D eigenvalue weighted by molar-refractivity contribution is 5.79. The second kappa shape index (κ2) is 5.51. The number of tetrazole rings is 1. The van der Waals surface area contributed by atoms with Crippen molar-refractivity contribution in [1.82, 2.24) is 25.3 Å². The van der Waals surface area contributed by atoms with Gasteiger partial charge in [-0.05, 0) is 41.8 Å². The van der Waals surface area contributed by atoms with Crippen LogP contribution in [0.1, 0.15) is 27.2 Å². The molecule has 0 saturated carbocycles. The Morgan fingerprint density at radius 3 is 3.00 bits per heavy atom. The molecule has 2 aromatic rings. The fourth-order valence-electron chi connectivity index (χ4n) is 2.99. The van der Waals surface area contributed by atoms with E-state index in [4.69, 9.17) is 4.74 Å². The largest absolute Gasteiger partial charge is 0.466 e. The van der Waals surface area contributed by atoms with Crippen molar-refractivity contribution in [2.45, 2.75) is 27.2 Å². The third-order valence-corrected chi connectivity index (χ3v) is 4.47. The molecule has 0 bridgehead atoms. The molecule has 22 heavy (non-hydrogen) atoms. The van der Waals surface area contributed by atoms with Gasteiger partial charge in [-0.2, -0.15) is 0 Å².